The second-order valence-corrected chi connectivity index (χ2v) is 4.82. The van der Waals surface area contributed by atoms with E-state index in [9.17, 15) is 9.90 Å². The zero-order valence-corrected chi connectivity index (χ0v) is 10.6. The van der Waals surface area contributed by atoms with Crippen LogP contribution in [0, 0.1) is 5.92 Å². The van der Waals surface area contributed by atoms with Gasteiger partial charge in [0.15, 0.2) is 0 Å². The first-order chi connectivity index (χ1) is 8.66. The molecule has 2 rings (SSSR count). The number of hydrogen-bond acceptors (Lipinski definition) is 4. The number of carbonyl (C=O) groups excluding carboxylic acids is 1. The number of aliphatic hydroxyl groups is 1. The van der Waals surface area contributed by atoms with Gasteiger partial charge in [0.2, 0.25) is 0 Å². The average Bonchev–Trinajstić information content (AvgIpc) is 2.53. The van der Waals surface area contributed by atoms with E-state index in [1.807, 2.05) is 25.1 Å². The zero-order chi connectivity index (χ0) is 13.0. The number of aliphatic hydroxyl groups excluding tert-OH is 1. The smallest absolute Gasteiger partial charge is 0.357 e. The summed E-state index contributed by atoms with van der Waals surface area (Å²) in [5.74, 6) is -0.213. The average molecular weight is 249 g/mol. The maximum atomic E-state index is 11.9. The molecule has 1 aliphatic rings. The maximum Gasteiger partial charge on any atom is 0.357 e. The summed E-state index contributed by atoms with van der Waals surface area (Å²) in [6, 6.07) is 8.95. The van der Waals surface area contributed by atoms with Crippen molar-refractivity contribution in [3.8, 4) is 0 Å². The lowest BCUT2D eigenvalue weighted by atomic mass is 10.0. The molecule has 1 aromatic carbocycles. The molecule has 1 N–H and O–H groups in total. The van der Waals surface area contributed by atoms with E-state index in [0.717, 1.165) is 12.8 Å². The van der Waals surface area contributed by atoms with Crippen molar-refractivity contribution >= 4 is 5.97 Å². The molecule has 0 aliphatic carbocycles. The monoisotopic (exact) mass is 249 g/mol. The first-order valence-corrected chi connectivity index (χ1v) is 6.37. The van der Waals surface area contributed by atoms with Crippen LogP contribution in [0.2, 0.25) is 0 Å². The second kappa shape index (κ2) is 5.98. The Morgan fingerprint density at radius 2 is 2.11 bits per heavy atom. The molecule has 4 heteroatoms. The molecule has 0 aromatic heterocycles. The number of nitrogens with zero attached hydrogens (tertiary/aromatic N) is 1. The second-order valence-electron chi connectivity index (χ2n) is 4.82. The molecular weight excluding hydrogens is 230 g/mol. The highest BCUT2D eigenvalue weighted by molar-refractivity contribution is 5.89. The van der Waals surface area contributed by atoms with Gasteiger partial charge in [-0.15, -0.1) is 5.06 Å². The van der Waals surface area contributed by atoms with E-state index in [1.165, 1.54) is 0 Å². The van der Waals surface area contributed by atoms with Crippen LogP contribution < -0.4 is 0 Å². The molecule has 0 bridgehead atoms. The first kappa shape index (κ1) is 13.1. The third-order valence-electron chi connectivity index (χ3n) is 3.28. The lowest BCUT2D eigenvalue weighted by molar-refractivity contribution is -0.116. The molecule has 4 nitrogen and oxygen atoms in total. The minimum Gasteiger partial charge on any atom is -0.393 e. The molecule has 0 radical (unpaired) electrons. The molecule has 18 heavy (non-hydrogen) atoms. The van der Waals surface area contributed by atoms with E-state index in [1.54, 1.807) is 17.2 Å². The van der Waals surface area contributed by atoms with Crippen molar-refractivity contribution in [1.82, 2.24) is 5.06 Å². The van der Waals surface area contributed by atoms with Crippen LogP contribution in [0.25, 0.3) is 0 Å². The SMILES string of the molecule is CC1CN(OC(=O)c2ccccc2)CCCC1O. The Hall–Kier alpha value is -1.39. The molecule has 98 valence electrons. The van der Waals surface area contributed by atoms with E-state index in [-0.39, 0.29) is 18.0 Å². The van der Waals surface area contributed by atoms with Gasteiger partial charge in [0.05, 0.1) is 11.7 Å². The van der Waals surface area contributed by atoms with Gasteiger partial charge in [-0.3, -0.25) is 0 Å². The number of rotatable bonds is 2. The van der Waals surface area contributed by atoms with E-state index in [0.29, 0.717) is 18.7 Å². The molecule has 1 aliphatic heterocycles. The Bertz CT molecular complexity index is 393. The van der Waals surface area contributed by atoms with Crippen molar-refractivity contribution in [3.63, 3.8) is 0 Å². The maximum absolute atomic E-state index is 11.9. The van der Waals surface area contributed by atoms with Gasteiger partial charge in [0.1, 0.15) is 0 Å². The van der Waals surface area contributed by atoms with Gasteiger partial charge in [-0.2, -0.15) is 0 Å². The summed E-state index contributed by atoms with van der Waals surface area (Å²) in [6.45, 7) is 3.24. The van der Waals surface area contributed by atoms with Gasteiger partial charge >= 0.3 is 5.97 Å². The Kier molecular flexibility index (Phi) is 4.33. The Morgan fingerprint density at radius 1 is 1.39 bits per heavy atom. The molecule has 1 heterocycles. The van der Waals surface area contributed by atoms with Crippen LogP contribution in [-0.4, -0.2) is 35.3 Å². The predicted octanol–water partition coefficient (Wildman–Crippen LogP) is 1.85. The molecule has 1 fully saturated rings. The van der Waals surface area contributed by atoms with E-state index >= 15 is 0 Å². The molecular formula is C14H19NO3. The summed E-state index contributed by atoms with van der Waals surface area (Å²) in [5, 5.41) is 11.4. The summed E-state index contributed by atoms with van der Waals surface area (Å²) in [7, 11) is 0. The van der Waals surface area contributed by atoms with Crippen molar-refractivity contribution < 1.29 is 14.7 Å². The lowest BCUT2D eigenvalue weighted by Crippen LogP contribution is -2.32. The third-order valence-corrected chi connectivity index (χ3v) is 3.28. The number of carbonyl (C=O) groups is 1. The fraction of sp³-hybridized carbons (Fsp3) is 0.500. The molecule has 2 unspecified atom stereocenters. The summed E-state index contributed by atoms with van der Waals surface area (Å²) >= 11 is 0. The summed E-state index contributed by atoms with van der Waals surface area (Å²) in [4.78, 5) is 17.2. The van der Waals surface area contributed by atoms with E-state index < -0.39 is 0 Å². The number of hydroxylamine groups is 2. The van der Waals surface area contributed by atoms with Crippen LogP contribution >= 0.6 is 0 Å². The first-order valence-electron chi connectivity index (χ1n) is 6.37. The summed E-state index contributed by atoms with van der Waals surface area (Å²) in [6.07, 6.45) is 1.30. The Morgan fingerprint density at radius 3 is 2.83 bits per heavy atom. The van der Waals surface area contributed by atoms with Crippen molar-refractivity contribution in [1.29, 1.82) is 0 Å². The van der Waals surface area contributed by atoms with Crippen molar-refractivity contribution in [2.45, 2.75) is 25.9 Å². The van der Waals surface area contributed by atoms with Crippen LogP contribution in [0.15, 0.2) is 30.3 Å². The third kappa shape index (κ3) is 3.31. The van der Waals surface area contributed by atoms with Gasteiger partial charge in [-0.1, -0.05) is 25.1 Å². The zero-order valence-electron chi connectivity index (χ0n) is 10.6. The number of benzene rings is 1. The highest BCUT2D eigenvalue weighted by Crippen LogP contribution is 2.17. The van der Waals surface area contributed by atoms with Crippen molar-refractivity contribution in [3.05, 3.63) is 35.9 Å². The normalized spacial score (nSPS) is 25.4. The predicted molar refractivity (Wildman–Crippen MR) is 67.8 cm³/mol. The fourth-order valence-corrected chi connectivity index (χ4v) is 2.12. The lowest BCUT2D eigenvalue weighted by Gasteiger charge is -2.22. The molecule has 0 spiro atoms. The summed E-state index contributed by atoms with van der Waals surface area (Å²) < 4.78 is 0. The molecule has 1 aromatic rings. The van der Waals surface area contributed by atoms with Crippen LogP contribution in [0.3, 0.4) is 0 Å². The largest absolute Gasteiger partial charge is 0.393 e. The van der Waals surface area contributed by atoms with Crippen LogP contribution in [0.4, 0.5) is 0 Å². The van der Waals surface area contributed by atoms with Crippen LogP contribution in [0.1, 0.15) is 30.1 Å². The highest BCUT2D eigenvalue weighted by atomic mass is 16.7. The quantitative estimate of drug-likeness (QED) is 0.869. The van der Waals surface area contributed by atoms with Crippen LogP contribution in [0.5, 0.6) is 0 Å². The highest BCUT2D eigenvalue weighted by Gasteiger charge is 2.24. The number of hydrogen-bond donors (Lipinski definition) is 1. The van der Waals surface area contributed by atoms with Gasteiger partial charge in [0.25, 0.3) is 0 Å². The standard InChI is InChI=1S/C14H19NO3/c1-11-10-15(9-5-8-13(11)16)18-14(17)12-6-3-2-4-7-12/h2-4,6-7,11,13,16H,5,8-10H2,1H3. The van der Waals surface area contributed by atoms with Gasteiger partial charge in [0, 0.05) is 13.1 Å². The Labute approximate surface area is 107 Å². The molecule has 2 atom stereocenters. The summed E-state index contributed by atoms with van der Waals surface area (Å²) in [5.41, 5.74) is 0.551. The van der Waals surface area contributed by atoms with Gasteiger partial charge in [-0.25, -0.2) is 4.79 Å². The van der Waals surface area contributed by atoms with Crippen molar-refractivity contribution in [2.75, 3.05) is 13.1 Å². The van der Waals surface area contributed by atoms with Crippen molar-refractivity contribution in [2.24, 2.45) is 5.92 Å². The van der Waals surface area contributed by atoms with Gasteiger partial charge in [-0.05, 0) is 30.9 Å². The molecule has 1 saturated heterocycles. The molecule has 0 amide bonds. The Balaban J connectivity index is 1.95. The minimum atomic E-state index is -0.334. The van der Waals surface area contributed by atoms with E-state index in [4.69, 9.17) is 4.84 Å². The molecule has 0 saturated carbocycles. The fourth-order valence-electron chi connectivity index (χ4n) is 2.12. The van der Waals surface area contributed by atoms with E-state index in [2.05, 4.69) is 0 Å². The van der Waals surface area contributed by atoms with Crippen LogP contribution in [-0.2, 0) is 4.84 Å². The topological polar surface area (TPSA) is 49.8 Å². The minimum absolute atomic E-state index is 0.121. The van der Waals surface area contributed by atoms with Gasteiger partial charge < -0.3 is 9.94 Å².